The van der Waals surface area contributed by atoms with Crippen molar-refractivity contribution in [1.82, 2.24) is 10.3 Å². The third-order valence-corrected chi connectivity index (χ3v) is 4.97. The van der Waals surface area contributed by atoms with Gasteiger partial charge < -0.3 is 5.32 Å². The average molecular weight is 266 g/mol. The van der Waals surface area contributed by atoms with Crippen molar-refractivity contribution in [2.75, 3.05) is 0 Å². The largest absolute Gasteiger partial charge is 0.310 e. The van der Waals surface area contributed by atoms with E-state index in [0.717, 1.165) is 19.0 Å². The Balaban J connectivity index is 1.90. The molecule has 1 fully saturated rings. The molecule has 1 heterocycles. The first-order valence-electron chi connectivity index (χ1n) is 7.88. The van der Waals surface area contributed by atoms with Crippen LogP contribution in [0.3, 0.4) is 0 Å². The van der Waals surface area contributed by atoms with Gasteiger partial charge in [0.15, 0.2) is 0 Å². The molecule has 2 aliphatic carbocycles. The molecule has 0 unspecified atom stereocenters. The summed E-state index contributed by atoms with van der Waals surface area (Å²) < 4.78 is 0. The Morgan fingerprint density at radius 1 is 1.20 bits per heavy atom. The molecule has 104 valence electrons. The van der Waals surface area contributed by atoms with E-state index < -0.39 is 0 Å². The zero-order valence-electron chi connectivity index (χ0n) is 12.4. The summed E-state index contributed by atoms with van der Waals surface area (Å²) in [5.41, 5.74) is 8.36. The molecule has 1 saturated carbocycles. The van der Waals surface area contributed by atoms with Gasteiger partial charge in [-0.25, -0.2) is 0 Å². The molecule has 2 aliphatic rings. The van der Waals surface area contributed by atoms with E-state index in [9.17, 15) is 0 Å². The van der Waals surface area contributed by atoms with E-state index in [1.165, 1.54) is 64.5 Å². The zero-order valence-corrected chi connectivity index (χ0v) is 12.4. The molecule has 2 nitrogen and oxygen atoms in total. The van der Waals surface area contributed by atoms with Gasteiger partial charge >= 0.3 is 0 Å². The topological polar surface area (TPSA) is 24.9 Å². The maximum Gasteiger partial charge on any atom is 0.0740 e. The van der Waals surface area contributed by atoms with Gasteiger partial charge in [-0.3, -0.25) is 4.98 Å². The molecule has 2 aromatic rings. The molecule has 0 saturated heterocycles. The van der Waals surface area contributed by atoms with Gasteiger partial charge in [-0.05, 0) is 68.2 Å². The van der Waals surface area contributed by atoms with Crippen molar-refractivity contribution in [1.29, 1.82) is 0 Å². The first-order chi connectivity index (χ1) is 9.74. The van der Waals surface area contributed by atoms with E-state index in [1.54, 1.807) is 0 Å². The molecule has 20 heavy (non-hydrogen) atoms. The summed E-state index contributed by atoms with van der Waals surface area (Å²) in [6.07, 6.45) is 6.35. The number of fused-ring (bicyclic) bond motifs is 2. The van der Waals surface area contributed by atoms with Crippen LogP contribution in [0.25, 0.3) is 10.9 Å². The van der Waals surface area contributed by atoms with Crippen LogP contribution >= 0.6 is 0 Å². The summed E-state index contributed by atoms with van der Waals surface area (Å²) >= 11 is 0. The van der Waals surface area contributed by atoms with Gasteiger partial charge in [0.05, 0.1) is 5.52 Å². The van der Waals surface area contributed by atoms with Crippen LogP contribution in [-0.2, 0) is 19.4 Å². The summed E-state index contributed by atoms with van der Waals surface area (Å²) in [5, 5.41) is 5.08. The van der Waals surface area contributed by atoms with Gasteiger partial charge in [0, 0.05) is 23.7 Å². The molecular formula is C18H22N2. The van der Waals surface area contributed by atoms with Crippen molar-refractivity contribution in [2.24, 2.45) is 0 Å². The highest BCUT2D eigenvalue weighted by atomic mass is 14.9. The van der Waals surface area contributed by atoms with E-state index in [4.69, 9.17) is 4.98 Å². The minimum Gasteiger partial charge on any atom is -0.310 e. The van der Waals surface area contributed by atoms with Crippen molar-refractivity contribution in [2.45, 2.75) is 58.5 Å². The maximum atomic E-state index is 4.99. The number of benzene rings is 1. The van der Waals surface area contributed by atoms with E-state index in [0.29, 0.717) is 0 Å². The Morgan fingerprint density at radius 3 is 2.85 bits per heavy atom. The lowest BCUT2D eigenvalue weighted by Crippen LogP contribution is -2.17. The van der Waals surface area contributed by atoms with Gasteiger partial charge in [0.1, 0.15) is 0 Å². The second-order valence-electron chi connectivity index (χ2n) is 6.43. The van der Waals surface area contributed by atoms with Crippen LogP contribution in [0.1, 0.15) is 47.2 Å². The fourth-order valence-corrected chi connectivity index (χ4v) is 3.40. The standard InChI is InChI=1S/C18H22N2/c1-11-6-9-15-16(10-19-13-7-8-13)14-4-3-5-17(14)20-18(15)12(11)2/h6,9,13,19H,3-5,7-8,10H2,1-2H3. The number of nitrogens with zero attached hydrogens (tertiary/aromatic N) is 1. The predicted octanol–water partition coefficient (Wildman–Crippen LogP) is 3.59. The van der Waals surface area contributed by atoms with Crippen LogP contribution < -0.4 is 5.32 Å². The summed E-state index contributed by atoms with van der Waals surface area (Å²) in [6, 6.07) is 5.30. The van der Waals surface area contributed by atoms with Gasteiger partial charge in [0.25, 0.3) is 0 Å². The molecule has 1 N–H and O–H groups in total. The number of aromatic nitrogens is 1. The smallest absolute Gasteiger partial charge is 0.0740 e. The highest BCUT2D eigenvalue weighted by molar-refractivity contribution is 5.87. The molecule has 1 aromatic carbocycles. The minimum absolute atomic E-state index is 0.766. The second kappa shape index (κ2) is 4.56. The van der Waals surface area contributed by atoms with Crippen LogP contribution in [-0.4, -0.2) is 11.0 Å². The Hall–Kier alpha value is -1.41. The van der Waals surface area contributed by atoms with Crippen LogP contribution in [0.4, 0.5) is 0 Å². The van der Waals surface area contributed by atoms with Crippen LogP contribution in [0.15, 0.2) is 12.1 Å². The third-order valence-electron chi connectivity index (χ3n) is 4.97. The van der Waals surface area contributed by atoms with Crippen molar-refractivity contribution in [3.63, 3.8) is 0 Å². The second-order valence-corrected chi connectivity index (χ2v) is 6.43. The van der Waals surface area contributed by atoms with E-state index in [1.807, 2.05) is 0 Å². The zero-order chi connectivity index (χ0) is 13.7. The molecule has 0 radical (unpaired) electrons. The average Bonchev–Trinajstić information content (AvgIpc) is 3.16. The van der Waals surface area contributed by atoms with Crippen molar-refractivity contribution in [3.05, 3.63) is 40.1 Å². The SMILES string of the molecule is Cc1ccc2c(CNC3CC3)c3c(nc2c1C)CCC3. The highest BCUT2D eigenvalue weighted by Gasteiger charge is 2.24. The van der Waals surface area contributed by atoms with Gasteiger partial charge in [-0.15, -0.1) is 0 Å². The number of hydrogen-bond acceptors (Lipinski definition) is 2. The lowest BCUT2D eigenvalue weighted by molar-refractivity contribution is 0.686. The molecule has 0 amide bonds. The quantitative estimate of drug-likeness (QED) is 0.918. The molecule has 0 bridgehead atoms. The molecule has 0 spiro atoms. The summed E-state index contributed by atoms with van der Waals surface area (Å²) in [6.45, 7) is 5.42. The predicted molar refractivity (Wildman–Crippen MR) is 83.1 cm³/mol. The number of aryl methyl sites for hydroxylation is 3. The lowest BCUT2D eigenvalue weighted by atomic mass is 9.97. The van der Waals surface area contributed by atoms with E-state index >= 15 is 0 Å². The lowest BCUT2D eigenvalue weighted by Gasteiger charge is -2.15. The molecule has 0 atom stereocenters. The Morgan fingerprint density at radius 2 is 2.05 bits per heavy atom. The fraction of sp³-hybridized carbons (Fsp3) is 0.500. The highest BCUT2D eigenvalue weighted by Crippen LogP contribution is 2.32. The molecule has 2 heteroatoms. The van der Waals surface area contributed by atoms with Crippen molar-refractivity contribution in [3.8, 4) is 0 Å². The van der Waals surface area contributed by atoms with Crippen LogP contribution in [0.5, 0.6) is 0 Å². The van der Waals surface area contributed by atoms with Gasteiger partial charge in [-0.1, -0.05) is 12.1 Å². The number of hydrogen-bond donors (Lipinski definition) is 1. The molecule has 0 aliphatic heterocycles. The summed E-state index contributed by atoms with van der Waals surface area (Å²) in [4.78, 5) is 4.99. The van der Waals surface area contributed by atoms with E-state index in [-0.39, 0.29) is 0 Å². The summed E-state index contributed by atoms with van der Waals surface area (Å²) in [7, 11) is 0. The van der Waals surface area contributed by atoms with Crippen LogP contribution in [0, 0.1) is 13.8 Å². The van der Waals surface area contributed by atoms with E-state index in [2.05, 4.69) is 31.3 Å². The van der Waals surface area contributed by atoms with Gasteiger partial charge in [-0.2, -0.15) is 0 Å². The number of rotatable bonds is 3. The van der Waals surface area contributed by atoms with Crippen molar-refractivity contribution < 1.29 is 0 Å². The first-order valence-corrected chi connectivity index (χ1v) is 7.88. The molecule has 1 aromatic heterocycles. The summed E-state index contributed by atoms with van der Waals surface area (Å²) in [5.74, 6) is 0. The number of nitrogens with one attached hydrogen (secondary N) is 1. The molecular weight excluding hydrogens is 244 g/mol. The maximum absolute atomic E-state index is 4.99. The molecule has 4 rings (SSSR count). The fourth-order valence-electron chi connectivity index (χ4n) is 3.40. The third kappa shape index (κ3) is 1.94. The minimum atomic E-state index is 0.766. The number of pyridine rings is 1. The van der Waals surface area contributed by atoms with Crippen LogP contribution in [0.2, 0.25) is 0 Å². The Bertz CT molecular complexity index is 684. The van der Waals surface area contributed by atoms with Crippen molar-refractivity contribution >= 4 is 10.9 Å². The Labute approximate surface area is 120 Å². The Kier molecular flexibility index (Phi) is 2.81. The normalized spacial score (nSPS) is 17.7. The first kappa shape index (κ1) is 12.3. The monoisotopic (exact) mass is 266 g/mol. The van der Waals surface area contributed by atoms with Gasteiger partial charge in [0.2, 0.25) is 0 Å².